The smallest absolute Gasteiger partial charge is 0.328 e. The molecule has 0 saturated carbocycles. The molecule has 4 atom stereocenters. The maximum absolute atomic E-state index is 12.7. The van der Waals surface area contributed by atoms with Gasteiger partial charge in [-0.3, -0.25) is 9.59 Å². The molecule has 0 saturated heterocycles. The zero-order chi connectivity index (χ0) is 26.0. The molecule has 0 radical (unpaired) electrons. The number of fused-ring (bicyclic) bond motifs is 2. The SMILES string of the molecule is CC1=C\CC[C@H](O)Cc2nc(co2)C(=O)N[C@@H](C)C(=O)O[C@H](C(C)C)[C@H](C)/C=C/C(=O)NC\C=C\1. The fraction of sp³-hybridized carbons (Fsp3) is 0.538. The highest BCUT2D eigenvalue weighted by Crippen LogP contribution is 2.19. The normalized spacial score (nSPS) is 29.3. The first-order valence-electron chi connectivity index (χ1n) is 12.0. The second kappa shape index (κ2) is 13.6. The molecule has 9 heteroatoms. The van der Waals surface area contributed by atoms with Crippen LogP contribution < -0.4 is 10.6 Å². The molecule has 192 valence electrons. The number of ether oxygens (including phenoxy) is 1. The quantitative estimate of drug-likeness (QED) is 0.519. The van der Waals surface area contributed by atoms with Crippen molar-refractivity contribution in [3.63, 3.8) is 0 Å². The Labute approximate surface area is 206 Å². The number of nitrogens with zero attached hydrogens (tertiary/aromatic N) is 1. The highest BCUT2D eigenvalue weighted by atomic mass is 16.5. The van der Waals surface area contributed by atoms with Gasteiger partial charge in [-0.15, -0.1) is 0 Å². The number of esters is 1. The third kappa shape index (κ3) is 9.52. The minimum absolute atomic E-state index is 0.0127. The molecule has 0 aliphatic carbocycles. The first-order chi connectivity index (χ1) is 16.6. The number of cyclic esters (lactones) is 1. The van der Waals surface area contributed by atoms with E-state index < -0.39 is 30.1 Å². The van der Waals surface area contributed by atoms with E-state index in [1.165, 1.54) is 19.3 Å². The summed E-state index contributed by atoms with van der Waals surface area (Å²) >= 11 is 0. The van der Waals surface area contributed by atoms with Gasteiger partial charge >= 0.3 is 5.97 Å². The Hall–Kier alpha value is -3.20. The van der Waals surface area contributed by atoms with Gasteiger partial charge in [0.1, 0.15) is 18.4 Å². The van der Waals surface area contributed by atoms with Gasteiger partial charge in [0.15, 0.2) is 11.6 Å². The van der Waals surface area contributed by atoms with E-state index in [0.29, 0.717) is 19.4 Å². The average Bonchev–Trinajstić information content (AvgIpc) is 3.26. The van der Waals surface area contributed by atoms with Crippen LogP contribution in [0, 0.1) is 11.8 Å². The third-order valence-corrected chi connectivity index (χ3v) is 5.62. The van der Waals surface area contributed by atoms with Crippen molar-refractivity contribution in [3.05, 3.63) is 53.8 Å². The van der Waals surface area contributed by atoms with Crippen molar-refractivity contribution in [2.24, 2.45) is 11.8 Å². The maximum Gasteiger partial charge on any atom is 0.328 e. The first-order valence-corrected chi connectivity index (χ1v) is 12.0. The van der Waals surface area contributed by atoms with Gasteiger partial charge in [-0.2, -0.15) is 0 Å². The van der Waals surface area contributed by atoms with Crippen LogP contribution in [0.25, 0.3) is 0 Å². The van der Waals surface area contributed by atoms with Crippen molar-refractivity contribution in [2.75, 3.05) is 6.54 Å². The Morgan fingerprint density at radius 2 is 1.91 bits per heavy atom. The summed E-state index contributed by atoms with van der Waals surface area (Å²) in [6.45, 7) is 9.56. The van der Waals surface area contributed by atoms with Gasteiger partial charge in [0.25, 0.3) is 5.91 Å². The van der Waals surface area contributed by atoms with Crippen LogP contribution in [0.3, 0.4) is 0 Å². The number of amides is 2. The minimum atomic E-state index is -0.919. The second-order valence-corrected chi connectivity index (χ2v) is 9.22. The van der Waals surface area contributed by atoms with Crippen molar-refractivity contribution >= 4 is 17.8 Å². The Kier molecular flexibility index (Phi) is 10.9. The minimum Gasteiger partial charge on any atom is -0.460 e. The molecule has 1 aromatic heterocycles. The number of aliphatic hydroxyl groups is 1. The molecule has 0 unspecified atom stereocenters. The van der Waals surface area contributed by atoms with E-state index in [4.69, 9.17) is 9.15 Å². The molecule has 2 bridgehead atoms. The summed E-state index contributed by atoms with van der Waals surface area (Å²) < 4.78 is 11.0. The van der Waals surface area contributed by atoms with Crippen molar-refractivity contribution in [1.82, 2.24) is 15.6 Å². The number of rotatable bonds is 1. The molecule has 3 N–H and O–H groups in total. The highest BCUT2D eigenvalue weighted by Gasteiger charge is 2.27. The Bertz CT molecular complexity index is 962. The van der Waals surface area contributed by atoms with Gasteiger partial charge in [-0.1, -0.05) is 50.6 Å². The van der Waals surface area contributed by atoms with Crippen LogP contribution in [-0.2, 0) is 20.7 Å². The standard InChI is InChI=1S/C26H37N3O6/c1-16(2)24-18(4)11-12-22(31)27-13-7-9-17(3)8-6-10-20(30)14-23-29-21(15-34-23)25(32)28-19(5)26(33)35-24/h7-9,11-12,15-16,18-20,24,30H,6,10,13-14H2,1-5H3,(H,27,31)(H,28,32)/b9-7+,12-11+,17-8+/t18-,19+,20+,24-/m1/s1. The van der Waals surface area contributed by atoms with Gasteiger partial charge in [0.05, 0.1) is 12.5 Å². The summed E-state index contributed by atoms with van der Waals surface area (Å²) in [5, 5.41) is 15.6. The monoisotopic (exact) mass is 487 g/mol. The molecule has 9 nitrogen and oxygen atoms in total. The molecule has 0 aromatic carbocycles. The lowest BCUT2D eigenvalue weighted by molar-refractivity contribution is -0.155. The number of aromatic nitrogens is 1. The predicted molar refractivity (Wildman–Crippen MR) is 131 cm³/mol. The Morgan fingerprint density at radius 3 is 2.63 bits per heavy atom. The molecular formula is C26H37N3O6. The largest absolute Gasteiger partial charge is 0.460 e. The number of allylic oxidation sites excluding steroid dienone is 3. The van der Waals surface area contributed by atoms with E-state index >= 15 is 0 Å². The number of carbonyl (C=O) groups excluding carboxylic acids is 3. The second-order valence-electron chi connectivity index (χ2n) is 9.22. The molecule has 0 fully saturated rings. The Balaban J connectivity index is 2.20. The lowest BCUT2D eigenvalue weighted by Gasteiger charge is -2.27. The molecule has 2 amide bonds. The molecule has 0 spiro atoms. The van der Waals surface area contributed by atoms with E-state index in [-0.39, 0.29) is 35.7 Å². The predicted octanol–water partition coefficient (Wildman–Crippen LogP) is 2.87. The summed E-state index contributed by atoms with van der Waals surface area (Å²) in [5.74, 6) is -1.40. The van der Waals surface area contributed by atoms with Gasteiger partial charge in [0, 0.05) is 12.5 Å². The number of carbonyl (C=O) groups is 3. The summed E-state index contributed by atoms with van der Waals surface area (Å²) in [5.41, 5.74) is 1.04. The number of hydrogen-bond acceptors (Lipinski definition) is 7. The summed E-state index contributed by atoms with van der Waals surface area (Å²) in [7, 11) is 0. The molecular weight excluding hydrogens is 450 g/mol. The number of aliphatic hydroxyl groups excluding tert-OH is 1. The molecule has 35 heavy (non-hydrogen) atoms. The summed E-state index contributed by atoms with van der Waals surface area (Å²) in [6, 6.07) is -0.919. The third-order valence-electron chi connectivity index (χ3n) is 5.62. The molecule has 2 heterocycles. The first kappa shape index (κ1) is 28.0. The molecule has 1 aromatic rings. The van der Waals surface area contributed by atoms with Crippen molar-refractivity contribution in [2.45, 2.75) is 72.1 Å². The van der Waals surface area contributed by atoms with Crippen LogP contribution in [0.1, 0.15) is 63.8 Å². The van der Waals surface area contributed by atoms with E-state index in [0.717, 1.165) is 5.57 Å². The van der Waals surface area contributed by atoms with Crippen molar-refractivity contribution in [1.29, 1.82) is 0 Å². The van der Waals surface area contributed by atoms with E-state index in [1.54, 1.807) is 6.08 Å². The maximum atomic E-state index is 12.7. The zero-order valence-corrected chi connectivity index (χ0v) is 21.1. The molecule has 1 aliphatic rings. The average molecular weight is 488 g/mol. The lowest BCUT2D eigenvalue weighted by atomic mass is 9.94. The lowest BCUT2D eigenvalue weighted by Crippen LogP contribution is -2.42. The van der Waals surface area contributed by atoms with E-state index in [1.807, 2.05) is 45.9 Å². The number of hydrogen-bond donors (Lipinski definition) is 3. The van der Waals surface area contributed by atoms with Crippen LogP contribution in [0.4, 0.5) is 0 Å². The van der Waals surface area contributed by atoms with Gasteiger partial charge in [0.2, 0.25) is 5.91 Å². The topological polar surface area (TPSA) is 131 Å². The van der Waals surface area contributed by atoms with E-state index in [9.17, 15) is 19.5 Å². The van der Waals surface area contributed by atoms with Crippen LogP contribution in [0.2, 0.25) is 0 Å². The summed E-state index contributed by atoms with van der Waals surface area (Å²) in [4.78, 5) is 41.5. The molecule has 2 rings (SSSR count). The molecule has 1 aliphatic heterocycles. The zero-order valence-electron chi connectivity index (χ0n) is 21.1. The number of oxazole rings is 1. The summed E-state index contributed by atoms with van der Waals surface area (Å²) in [6.07, 6.45) is 10.3. The van der Waals surface area contributed by atoms with Gasteiger partial charge in [-0.25, -0.2) is 9.78 Å². The van der Waals surface area contributed by atoms with Crippen LogP contribution in [0.5, 0.6) is 0 Å². The Morgan fingerprint density at radius 1 is 1.17 bits per heavy atom. The van der Waals surface area contributed by atoms with Crippen molar-refractivity contribution in [3.8, 4) is 0 Å². The number of nitrogens with one attached hydrogen (secondary N) is 2. The van der Waals surface area contributed by atoms with Crippen molar-refractivity contribution < 1.29 is 28.6 Å². The fourth-order valence-corrected chi connectivity index (χ4v) is 3.61. The van der Waals surface area contributed by atoms with Crippen LogP contribution >= 0.6 is 0 Å². The fourth-order valence-electron chi connectivity index (χ4n) is 3.61. The highest BCUT2D eigenvalue weighted by molar-refractivity contribution is 5.94. The van der Waals surface area contributed by atoms with Crippen LogP contribution in [-0.4, -0.2) is 52.7 Å². The van der Waals surface area contributed by atoms with E-state index in [2.05, 4.69) is 15.6 Å². The van der Waals surface area contributed by atoms with Gasteiger partial charge < -0.3 is 24.9 Å². The van der Waals surface area contributed by atoms with Crippen LogP contribution in [0.15, 0.2) is 46.6 Å². The van der Waals surface area contributed by atoms with Gasteiger partial charge in [-0.05, 0) is 38.7 Å².